The number of rotatable bonds is 9. The molecule has 1 saturated heterocycles. The third-order valence-corrected chi connectivity index (χ3v) is 6.74. The second-order valence-corrected chi connectivity index (χ2v) is 9.09. The lowest BCUT2D eigenvalue weighted by Crippen LogP contribution is -2.31. The van der Waals surface area contributed by atoms with Crippen LogP contribution in [0.15, 0.2) is 95.5 Å². The summed E-state index contributed by atoms with van der Waals surface area (Å²) < 4.78 is 11.4. The largest absolute Gasteiger partial charge is 0.465 e. The number of para-hydroxylation sites is 1. The number of furan rings is 1. The van der Waals surface area contributed by atoms with Crippen molar-refractivity contribution in [2.45, 2.75) is 18.5 Å². The number of benzene rings is 2. The fraction of sp³-hybridized carbons (Fsp3) is 0.207. The molecular formula is C29H28N4O3S. The molecule has 2 aromatic carbocycles. The molecule has 0 aliphatic carbocycles. The summed E-state index contributed by atoms with van der Waals surface area (Å²) in [6.07, 6.45) is 2.66. The molecule has 1 aliphatic heterocycles. The quantitative estimate of drug-likeness (QED) is 0.170. The highest BCUT2D eigenvalue weighted by molar-refractivity contribution is 7.80. The van der Waals surface area contributed by atoms with E-state index in [0.29, 0.717) is 22.0 Å². The third-order valence-electron chi connectivity index (χ3n) is 6.39. The van der Waals surface area contributed by atoms with Crippen molar-refractivity contribution in [1.29, 1.82) is 0 Å². The monoisotopic (exact) mass is 512 g/mol. The summed E-state index contributed by atoms with van der Waals surface area (Å²) in [5.74, 6) is 0.934. The Kier molecular flexibility index (Phi) is 7.46. The minimum Gasteiger partial charge on any atom is -0.465 e. The molecule has 0 saturated carbocycles. The Morgan fingerprint density at radius 2 is 1.84 bits per heavy atom. The number of hydrogen-bond acceptors (Lipinski definition) is 6. The number of nitrogens with one attached hydrogen (secondary N) is 2. The molecule has 5 rings (SSSR count). The molecule has 1 aliphatic rings. The number of pyridine rings is 1. The van der Waals surface area contributed by atoms with Crippen LogP contribution >= 0.6 is 12.2 Å². The summed E-state index contributed by atoms with van der Waals surface area (Å²) in [6.45, 7) is 1.54. The van der Waals surface area contributed by atoms with Crippen LogP contribution in [0.5, 0.6) is 0 Å². The van der Waals surface area contributed by atoms with Gasteiger partial charge in [-0.05, 0) is 61.1 Å². The zero-order valence-corrected chi connectivity index (χ0v) is 21.3. The first-order chi connectivity index (χ1) is 18.2. The van der Waals surface area contributed by atoms with E-state index in [9.17, 15) is 4.79 Å². The predicted octanol–water partition coefficient (Wildman–Crippen LogP) is 5.60. The van der Waals surface area contributed by atoms with Crippen LogP contribution in [0.2, 0.25) is 0 Å². The second kappa shape index (κ2) is 11.3. The number of nitrogens with zero attached hydrogens (tertiary/aromatic N) is 2. The number of ether oxygens (including phenoxy) is 1. The fourth-order valence-corrected chi connectivity index (χ4v) is 4.97. The van der Waals surface area contributed by atoms with Gasteiger partial charge in [-0.3, -0.25) is 4.98 Å². The molecule has 7 nitrogen and oxygen atoms in total. The maximum atomic E-state index is 12.3. The molecule has 2 unspecified atom stereocenters. The van der Waals surface area contributed by atoms with Crippen molar-refractivity contribution in [3.63, 3.8) is 0 Å². The molecule has 0 amide bonds. The number of carbonyl (C=O) groups is 1. The van der Waals surface area contributed by atoms with E-state index < -0.39 is 5.97 Å². The molecule has 0 spiro atoms. The van der Waals surface area contributed by atoms with E-state index in [1.807, 2.05) is 60.7 Å². The van der Waals surface area contributed by atoms with Crippen LogP contribution in [-0.2, 0) is 4.74 Å². The normalized spacial score (nSPS) is 16.9. The van der Waals surface area contributed by atoms with E-state index in [1.165, 1.54) is 7.11 Å². The van der Waals surface area contributed by atoms with Crippen LogP contribution < -0.4 is 10.6 Å². The van der Waals surface area contributed by atoms with Gasteiger partial charge in [-0.2, -0.15) is 0 Å². The van der Waals surface area contributed by atoms with E-state index >= 15 is 0 Å². The van der Waals surface area contributed by atoms with Crippen LogP contribution in [-0.4, -0.2) is 41.2 Å². The van der Waals surface area contributed by atoms with Crippen LogP contribution in [0.1, 0.15) is 40.3 Å². The van der Waals surface area contributed by atoms with Crippen LogP contribution in [0, 0.1) is 0 Å². The number of anilines is 1. The van der Waals surface area contributed by atoms with Crippen molar-refractivity contribution in [2.75, 3.05) is 25.5 Å². The Morgan fingerprint density at radius 1 is 1.05 bits per heavy atom. The molecule has 2 aromatic heterocycles. The van der Waals surface area contributed by atoms with Gasteiger partial charge in [0.15, 0.2) is 5.11 Å². The molecule has 2 N–H and O–H groups in total. The number of aromatic nitrogens is 1. The van der Waals surface area contributed by atoms with Crippen LogP contribution in [0.25, 0.3) is 11.3 Å². The highest BCUT2D eigenvalue weighted by Crippen LogP contribution is 2.40. The summed E-state index contributed by atoms with van der Waals surface area (Å²) in [6, 6.07) is 26.7. The van der Waals surface area contributed by atoms with Crippen molar-refractivity contribution in [1.82, 2.24) is 15.2 Å². The second-order valence-electron chi connectivity index (χ2n) is 8.71. The predicted molar refractivity (Wildman–Crippen MR) is 147 cm³/mol. The Balaban J connectivity index is 1.41. The summed E-state index contributed by atoms with van der Waals surface area (Å²) in [5, 5.41) is 7.57. The molecule has 1 fully saturated rings. The van der Waals surface area contributed by atoms with Gasteiger partial charge >= 0.3 is 5.97 Å². The molecule has 0 bridgehead atoms. The number of thiocarbonyl (C=S) groups is 1. The van der Waals surface area contributed by atoms with Gasteiger partial charge in [0, 0.05) is 30.5 Å². The standard InChI is InChI=1S/C29H28N4O3S/c1-35-28(34)22-13-6-5-12-21(22)24-15-16-25(36-24)27-26(23-14-7-8-17-31-23)32-29(37)33(27)19-9-18-30-20-10-3-2-4-11-20/h2-8,10-17,26-27,30H,9,18-19H2,1H3,(H,32,37). The minimum absolute atomic E-state index is 0.175. The molecule has 37 heavy (non-hydrogen) atoms. The van der Waals surface area contributed by atoms with E-state index in [-0.39, 0.29) is 12.1 Å². The topological polar surface area (TPSA) is 79.6 Å². The first-order valence-electron chi connectivity index (χ1n) is 12.2. The average Bonchev–Trinajstić information content (AvgIpc) is 3.56. The first-order valence-corrected chi connectivity index (χ1v) is 12.6. The molecule has 3 heterocycles. The van der Waals surface area contributed by atoms with Crippen molar-refractivity contribution in [3.8, 4) is 11.3 Å². The smallest absolute Gasteiger partial charge is 0.338 e. The van der Waals surface area contributed by atoms with Crippen molar-refractivity contribution < 1.29 is 13.9 Å². The molecule has 2 atom stereocenters. The van der Waals surface area contributed by atoms with E-state index in [1.54, 1.807) is 18.3 Å². The Bertz CT molecular complexity index is 1360. The van der Waals surface area contributed by atoms with Crippen molar-refractivity contribution in [2.24, 2.45) is 0 Å². The van der Waals surface area contributed by atoms with Gasteiger partial charge in [0.2, 0.25) is 0 Å². The maximum Gasteiger partial charge on any atom is 0.338 e. The lowest BCUT2D eigenvalue weighted by molar-refractivity contribution is 0.0601. The van der Waals surface area contributed by atoms with Gasteiger partial charge in [-0.15, -0.1) is 0 Å². The molecule has 0 radical (unpaired) electrons. The highest BCUT2D eigenvalue weighted by Gasteiger charge is 2.41. The number of carbonyl (C=O) groups excluding carboxylic acids is 1. The van der Waals surface area contributed by atoms with Crippen molar-refractivity contribution >= 4 is 29.0 Å². The third kappa shape index (κ3) is 5.34. The molecule has 4 aromatic rings. The molecule has 188 valence electrons. The van der Waals surface area contributed by atoms with Crippen LogP contribution in [0.4, 0.5) is 5.69 Å². The van der Waals surface area contributed by atoms with Crippen molar-refractivity contribution in [3.05, 3.63) is 108 Å². The Morgan fingerprint density at radius 3 is 2.62 bits per heavy atom. The summed E-state index contributed by atoms with van der Waals surface area (Å²) in [4.78, 5) is 19.1. The van der Waals surface area contributed by atoms with Gasteiger partial charge < -0.3 is 24.7 Å². The van der Waals surface area contributed by atoms with Gasteiger partial charge in [0.25, 0.3) is 0 Å². The Hall–Kier alpha value is -4.17. The van der Waals surface area contributed by atoms with Gasteiger partial charge in [0.05, 0.1) is 24.4 Å². The summed E-state index contributed by atoms with van der Waals surface area (Å²) >= 11 is 5.77. The minimum atomic E-state index is -0.406. The molecule has 8 heteroatoms. The summed E-state index contributed by atoms with van der Waals surface area (Å²) in [5.41, 5.74) is 3.11. The van der Waals surface area contributed by atoms with Gasteiger partial charge in [0.1, 0.15) is 17.6 Å². The SMILES string of the molecule is COC(=O)c1ccccc1-c1ccc(C2C(c3ccccn3)NC(=S)N2CCCNc2ccccc2)o1. The summed E-state index contributed by atoms with van der Waals surface area (Å²) in [7, 11) is 1.37. The lowest BCUT2D eigenvalue weighted by atomic mass is 10.0. The number of methoxy groups -OCH3 is 1. The number of esters is 1. The number of hydrogen-bond donors (Lipinski definition) is 2. The van der Waals surface area contributed by atoms with Gasteiger partial charge in [-0.1, -0.05) is 42.5 Å². The fourth-order valence-electron chi connectivity index (χ4n) is 4.64. The maximum absolute atomic E-state index is 12.3. The van der Waals surface area contributed by atoms with Crippen LogP contribution in [0.3, 0.4) is 0 Å². The van der Waals surface area contributed by atoms with E-state index in [4.69, 9.17) is 21.4 Å². The zero-order chi connectivity index (χ0) is 25.6. The first kappa shape index (κ1) is 24.5. The van der Waals surface area contributed by atoms with Gasteiger partial charge in [-0.25, -0.2) is 4.79 Å². The van der Waals surface area contributed by atoms with E-state index in [2.05, 4.69) is 32.7 Å². The lowest BCUT2D eigenvalue weighted by Gasteiger charge is -2.26. The highest BCUT2D eigenvalue weighted by atomic mass is 32.1. The average molecular weight is 513 g/mol. The Labute approximate surface area is 221 Å². The molecular weight excluding hydrogens is 484 g/mol. The van der Waals surface area contributed by atoms with E-state index in [0.717, 1.165) is 36.7 Å². The zero-order valence-electron chi connectivity index (χ0n) is 20.5.